The smallest absolute Gasteiger partial charge is 0.191 e. The number of nitrogens with zero attached hydrogens (tertiary/aromatic N) is 4. The van der Waals surface area contributed by atoms with Crippen LogP contribution in [0.15, 0.2) is 10.4 Å². The van der Waals surface area contributed by atoms with E-state index in [4.69, 9.17) is 9.98 Å². The SMILES string of the molecule is CCNC(=NCCc1csc(N2CCCC2)n1)NC1CCN(CC2CCCC2)C1.I. The fourth-order valence-corrected chi connectivity index (χ4v) is 5.85. The minimum Gasteiger partial charge on any atom is -0.357 e. The van der Waals surface area contributed by atoms with E-state index in [9.17, 15) is 0 Å². The maximum absolute atomic E-state index is 4.83. The van der Waals surface area contributed by atoms with Gasteiger partial charge in [-0.3, -0.25) is 4.99 Å². The third-order valence-electron chi connectivity index (χ3n) is 6.50. The number of rotatable bonds is 8. The lowest BCUT2D eigenvalue weighted by molar-refractivity contribution is 0.275. The molecule has 1 unspecified atom stereocenters. The van der Waals surface area contributed by atoms with E-state index < -0.39 is 0 Å². The van der Waals surface area contributed by atoms with Crippen LogP contribution in [0.25, 0.3) is 0 Å². The van der Waals surface area contributed by atoms with Gasteiger partial charge in [-0.2, -0.15) is 0 Å². The molecule has 6 nitrogen and oxygen atoms in total. The van der Waals surface area contributed by atoms with Gasteiger partial charge in [0.15, 0.2) is 11.1 Å². The van der Waals surface area contributed by atoms with E-state index in [2.05, 4.69) is 32.7 Å². The number of nitrogens with one attached hydrogen (secondary N) is 2. The van der Waals surface area contributed by atoms with Gasteiger partial charge >= 0.3 is 0 Å². The normalized spacial score (nSPS) is 23.2. The number of anilines is 1. The highest BCUT2D eigenvalue weighted by molar-refractivity contribution is 14.0. The fourth-order valence-electron chi connectivity index (χ4n) is 4.93. The van der Waals surface area contributed by atoms with E-state index in [-0.39, 0.29) is 24.0 Å². The molecule has 170 valence electrons. The van der Waals surface area contributed by atoms with Crippen LogP contribution in [0, 0.1) is 5.92 Å². The molecule has 0 spiro atoms. The number of aromatic nitrogens is 1. The van der Waals surface area contributed by atoms with Crippen molar-refractivity contribution in [2.75, 3.05) is 50.7 Å². The van der Waals surface area contributed by atoms with Crippen molar-refractivity contribution in [3.63, 3.8) is 0 Å². The third-order valence-corrected chi connectivity index (χ3v) is 7.45. The maximum Gasteiger partial charge on any atom is 0.191 e. The number of thiazole rings is 1. The number of aliphatic imine (C=N–C) groups is 1. The fraction of sp³-hybridized carbons (Fsp3) is 0.818. The van der Waals surface area contributed by atoms with Gasteiger partial charge in [0.1, 0.15) is 0 Å². The molecule has 8 heteroatoms. The second-order valence-electron chi connectivity index (χ2n) is 8.87. The quantitative estimate of drug-likeness (QED) is 0.296. The molecule has 1 aliphatic carbocycles. The summed E-state index contributed by atoms with van der Waals surface area (Å²) in [5.74, 6) is 1.91. The number of guanidine groups is 1. The van der Waals surface area contributed by atoms with Gasteiger partial charge in [-0.05, 0) is 44.9 Å². The van der Waals surface area contributed by atoms with Gasteiger partial charge in [-0.1, -0.05) is 12.8 Å². The summed E-state index contributed by atoms with van der Waals surface area (Å²) in [4.78, 5) is 14.7. The third kappa shape index (κ3) is 6.95. The molecule has 2 saturated heterocycles. The van der Waals surface area contributed by atoms with Gasteiger partial charge in [-0.25, -0.2) is 4.98 Å². The van der Waals surface area contributed by atoms with Gasteiger partial charge in [-0.15, -0.1) is 35.3 Å². The van der Waals surface area contributed by atoms with Crippen molar-refractivity contribution in [2.45, 2.75) is 64.3 Å². The molecule has 2 N–H and O–H groups in total. The van der Waals surface area contributed by atoms with Crippen molar-refractivity contribution in [2.24, 2.45) is 10.9 Å². The van der Waals surface area contributed by atoms with Crippen LogP contribution in [0.3, 0.4) is 0 Å². The topological polar surface area (TPSA) is 55.8 Å². The second-order valence-corrected chi connectivity index (χ2v) is 9.70. The molecule has 30 heavy (non-hydrogen) atoms. The summed E-state index contributed by atoms with van der Waals surface area (Å²) in [7, 11) is 0. The number of hydrogen-bond acceptors (Lipinski definition) is 5. The van der Waals surface area contributed by atoms with Crippen LogP contribution < -0.4 is 15.5 Å². The molecule has 0 radical (unpaired) electrons. The zero-order chi connectivity index (χ0) is 19.9. The van der Waals surface area contributed by atoms with Crippen LogP contribution in [-0.4, -0.2) is 67.7 Å². The Bertz CT molecular complexity index is 654. The van der Waals surface area contributed by atoms with Crippen molar-refractivity contribution < 1.29 is 0 Å². The molecule has 1 atom stereocenters. The van der Waals surface area contributed by atoms with E-state index in [0.717, 1.165) is 37.9 Å². The Morgan fingerprint density at radius 3 is 2.73 bits per heavy atom. The molecular formula is C22H39IN6S. The predicted octanol–water partition coefficient (Wildman–Crippen LogP) is 3.72. The van der Waals surface area contributed by atoms with Crippen molar-refractivity contribution in [3.05, 3.63) is 11.1 Å². The first-order chi connectivity index (χ1) is 14.3. The molecule has 2 aliphatic heterocycles. The summed E-state index contributed by atoms with van der Waals surface area (Å²) in [6.45, 7) is 9.85. The zero-order valence-electron chi connectivity index (χ0n) is 18.4. The van der Waals surface area contributed by atoms with Crippen LogP contribution in [0.5, 0.6) is 0 Å². The number of hydrogen-bond donors (Lipinski definition) is 2. The summed E-state index contributed by atoms with van der Waals surface area (Å²) < 4.78 is 0. The molecule has 3 aliphatic rings. The van der Waals surface area contributed by atoms with Crippen LogP contribution >= 0.6 is 35.3 Å². The molecule has 1 aromatic rings. The van der Waals surface area contributed by atoms with Crippen molar-refractivity contribution in [1.29, 1.82) is 0 Å². The standard InChI is InChI=1S/C22H38N6S.HI/c1-2-23-21(25-19-10-14-27(16-19)15-18-7-3-4-8-18)24-11-9-20-17-29-22(26-20)28-12-5-6-13-28;/h17-19H,2-16H2,1H3,(H2,23,24,25);1H. The Labute approximate surface area is 203 Å². The van der Waals surface area contributed by atoms with Crippen LogP contribution in [-0.2, 0) is 6.42 Å². The van der Waals surface area contributed by atoms with Gasteiger partial charge in [0, 0.05) is 63.7 Å². The van der Waals surface area contributed by atoms with Gasteiger partial charge in [0.05, 0.1) is 5.69 Å². The molecule has 1 saturated carbocycles. The Morgan fingerprint density at radius 1 is 1.17 bits per heavy atom. The summed E-state index contributed by atoms with van der Waals surface area (Å²) in [5.41, 5.74) is 1.18. The van der Waals surface area contributed by atoms with Crippen molar-refractivity contribution in [3.8, 4) is 0 Å². The highest BCUT2D eigenvalue weighted by Gasteiger charge is 2.26. The van der Waals surface area contributed by atoms with E-state index in [1.807, 2.05) is 0 Å². The first-order valence-electron chi connectivity index (χ1n) is 11.8. The molecular weight excluding hydrogens is 507 g/mol. The lowest BCUT2D eigenvalue weighted by Crippen LogP contribution is -2.45. The minimum atomic E-state index is 0. The summed E-state index contributed by atoms with van der Waals surface area (Å²) in [5, 5.41) is 10.5. The average molecular weight is 547 g/mol. The molecule has 1 aromatic heterocycles. The number of halogens is 1. The van der Waals surface area contributed by atoms with E-state index in [1.165, 1.54) is 82.0 Å². The van der Waals surface area contributed by atoms with Gasteiger partial charge in [0.25, 0.3) is 0 Å². The number of likely N-dealkylation sites (tertiary alicyclic amines) is 1. The average Bonchev–Trinajstić information content (AvgIpc) is 3.51. The molecule has 0 amide bonds. The molecule has 4 rings (SSSR count). The van der Waals surface area contributed by atoms with Crippen LogP contribution in [0.1, 0.15) is 57.6 Å². The van der Waals surface area contributed by atoms with Crippen LogP contribution in [0.4, 0.5) is 5.13 Å². The summed E-state index contributed by atoms with van der Waals surface area (Å²) in [6, 6.07) is 0.523. The Balaban J connectivity index is 0.00000256. The maximum atomic E-state index is 4.83. The molecule has 3 heterocycles. The lowest BCUT2D eigenvalue weighted by atomic mass is 10.1. The van der Waals surface area contributed by atoms with Crippen molar-refractivity contribution >= 4 is 46.4 Å². The highest BCUT2D eigenvalue weighted by atomic mass is 127. The lowest BCUT2D eigenvalue weighted by Gasteiger charge is -2.21. The Morgan fingerprint density at radius 2 is 1.97 bits per heavy atom. The van der Waals surface area contributed by atoms with Gasteiger partial charge < -0.3 is 20.4 Å². The molecule has 0 aromatic carbocycles. The first-order valence-corrected chi connectivity index (χ1v) is 12.6. The van der Waals surface area contributed by atoms with Crippen LogP contribution in [0.2, 0.25) is 0 Å². The zero-order valence-corrected chi connectivity index (χ0v) is 21.6. The Hall–Kier alpha value is -0.610. The second kappa shape index (κ2) is 12.4. The first kappa shape index (κ1) is 24.0. The van der Waals surface area contributed by atoms with Gasteiger partial charge in [0.2, 0.25) is 0 Å². The summed E-state index contributed by atoms with van der Waals surface area (Å²) >= 11 is 1.78. The summed E-state index contributed by atoms with van der Waals surface area (Å²) in [6.07, 6.45) is 10.5. The monoisotopic (exact) mass is 546 g/mol. The van der Waals surface area contributed by atoms with E-state index in [1.54, 1.807) is 11.3 Å². The minimum absolute atomic E-state index is 0. The largest absolute Gasteiger partial charge is 0.357 e. The van der Waals surface area contributed by atoms with E-state index in [0.29, 0.717) is 6.04 Å². The molecule has 3 fully saturated rings. The van der Waals surface area contributed by atoms with Crippen molar-refractivity contribution in [1.82, 2.24) is 20.5 Å². The Kier molecular flexibility index (Phi) is 9.96. The molecule has 0 bridgehead atoms. The highest BCUT2D eigenvalue weighted by Crippen LogP contribution is 2.27. The predicted molar refractivity (Wildman–Crippen MR) is 139 cm³/mol. The van der Waals surface area contributed by atoms with E-state index >= 15 is 0 Å².